The molecule has 0 spiro atoms. The highest BCUT2D eigenvalue weighted by atomic mass is 16.5. The van der Waals surface area contributed by atoms with Crippen molar-refractivity contribution in [2.24, 2.45) is 0 Å². The second-order valence-corrected chi connectivity index (χ2v) is 7.25. The van der Waals surface area contributed by atoms with Gasteiger partial charge < -0.3 is 15.4 Å². The molecule has 1 aromatic rings. The minimum Gasteiger partial charge on any atom is -0.463 e. The number of benzene rings is 1. The molecule has 2 aliphatic rings. The van der Waals surface area contributed by atoms with Crippen molar-refractivity contribution in [3.63, 3.8) is 0 Å². The lowest BCUT2D eigenvalue weighted by molar-refractivity contribution is -0.139. The van der Waals surface area contributed by atoms with Gasteiger partial charge in [-0.15, -0.1) is 0 Å². The molecular weight excluding hydrogens is 342 g/mol. The predicted molar refractivity (Wildman–Crippen MR) is 104 cm³/mol. The summed E-state index contributed by atoms with van der Waals surface area (Å²) in [6, 6.07) is 7.10. The second-order valence-electron chi connectivity index (χ2n) is 7.25. The quantitative estimate of drug-likeness (QED) is 0.781. The number of carbonyl (C=O) groups excluding carboxylic acids is 2. The third-order valence-electron chi connectivity index (χ3n) is 5.14. The Hall–Kier alpha value is -2.34. The zero-order valence-electron chi connectivity index (χ0n) is 16.2. The Morgan fingerprint density at radius 1 is 1.15 bits per heavy atom. The average molecular weight is 371 g/mol. The fraction of sp³-hybridized carbons (Fsp3) is 0.524. The zero-order chi connectivity index (χ0) is 19.2. The number of ether oxygens (including phenoxy) is 1. The van der Waals surface area contributed by atoms with Crippen molar-refractivity contribution in [3.05, 3.63) is 46.7 Å². The van der Waals surface area contributed by atoms with Crippen LogP contribution < -0.4 is 10.6 Å². The van der Waals surface area contributed by atoms with E-state index in [9.17, 15) is 9.59 Å². The molecule has 2 N–H and O–H groups in total. The van der Waals surface area contributed by atoms with E-state index in [1.54, 1.807) is 6.92 Å². The smallest absolute Gasteiger partial charge is 0.338 e. The van der Waals surface area contributed by atoms with Crippen molar-refractivity contribution in [1.82, 2.24) is 15.5 Å². The molecule has 0 aromatic heterocycles. The summed E-state index contributed by atoms with van der Waals surface area (Å²) in [5, 5.41) is 5.77. The summed E-state index contributed by atoms with van der Waals surface area (Å²) in [5.41, 5.74) is 3.17. The van der Waals surface area contributed by atoms with Gasteiger partial charge in [-0.3, -0.25) is 4.90 Å². The van der Waals surface area contributed by atoms with Gasteiger partial charge in [0.2, 0.25) is 0 Å². The number of likely N-dealkylation sites (tertiary alicyclic amines) is 1. The first-order chi connectivity index (χ1) is 13.1. The molecule has 2 amide bonds. The first-order valence-electron chi connectivity index (χ1n) is 9.85. The van der Waals surface area contributed by atoms with E-state index in [-0.39, 0.29) is 12.0 Å². The first-order valence-corrected chi connectivity index (χ1v) is 9.85. The number of nitrogens with one attached hydrogen (secondary N) is 2. The average Bonchev–Trinajstić information content (AvgIpc) is 2.90. The number of esters is 1. The largest absolute Gasteiger partial charge is 0.463 e. The fourth-order valence-electron chi connectivity index (χ4n) is 3.72. The van der Waals surface area contributed by atoms with E-state index in [1.807, 2.05) is 31.2 Å². The van der Waals surface area contributed by atoms with E-state index in [0.717, 1.165) is 37.1 Å². The van der Waals surface area contributed by atoms with Gasteiger partial charge >= 0.3 is 12.0 Å². The van der Waals surface area contributed by atoms with Crippen molar-refractivity contribution >= 4 is 12.0 Å². The number of hydrogen-bond acceptors (Lipinski definition) is 4. The van der Waals surface area contributed by atoms with Crippen LogP contribution in [-0.2, 0) is 9.53 Å². The van der Waals surface area contributed by atoms with Gasteiger partial charge in [-0.05, 0) is 45.3 Å². The molecule has 1 aromatic carbocycles. The van der Waals surface area contributed by atoms with E-state index in [2.05, 4.69) is 15.5 Å². The van der Waals surface area contributed by atoms with Crippen LogP contribution in [0.1, 0.15) is 49.8 Å². The molecule has 3 rings (SSSR count). The van der Waals surface area contributed by atoms with Crippen molar-refractivity contribution < 1.29 is 14.3 Å². The van der Waals surface area contributed by atoms with Crippen LogP contribution in [-0.4, -0.2) is 43.1 Å². The maximum Gasteiger partial charge on any atom is 0.338 e. The molecule has 1 unspecified atom stereocenters. The Bertz CT molecular complexity index is 704. The van der Waals surface area contributed by atoms with E-state index in [4.69, 9.17) is 4.74 Å². The monoisotopic (exact) mass is 371 g/mol. The van der Waals surface area contributed by atoms with Crippen LogP contribution in [0.5, 0.6) is 0 Å². The van der Waals surface area contributed by atoms with Crippen LogP contribution in [0.15, 0.2) is 35.5 Å². The van der Waals surface area contributed by atoms with Gasteiger partial charge in [0.15, 0.2) is 0 Å². The number of amides is 2. The molecule has 0 radical (unpaired) electrons. The van der Waals surface area contributed by atoms with Crippen LogP contribution in [0, 0.1) is 6.92 Å². The molecule has 0 aliphatic carbocycles. The molecule has 1 atom stereocenters. The Labute approximate surface area is 161 Å². The molecule has 1 fully saturated rings. The van der Waals surface area contributed by atoms with Gasteiger partial charge in [0.25, 0.3) is 0 Å². The molecular formula is C21H29N3O3. The normalized spacial score (nSPS) is 21.3. The molecule has 0 saturated carbocycles. The summed E-state index contributed by atoms with van der Waals surface area (Å²) in [7, 11) is 0. The number of nitrogens with zero attached hydrogens (tertiary/aromatic N) is 1. The fourth-order valence-corrected chi connectivity index (χ4v) is 3.72. The van der Waals surface area contributed by atoms with Gasteiger partial charge in [0, 0.05) is 12.2 Å². The molecule has 0 bridgehead atoms. The summed E-state index contributed by atoms with van der Waals surface area (Å²) in [6.45, 7) is 6.63. The number of rotatable bonds is 5. The van der Waals surface area contributed by atoms with Gasteiger partial charge in [0.1, 0.15) is 0 Å². The van der Waals surface area contributed by atoms with Crippen molar-refractivity contribution in [3.8, 4) is 0 Å². The van der Waals surface area contributed by atoms with Gasteiger partial charge in [-0.25, -0.2) is 9.59 Å². The van der Waals surface area contributed by atoms with Crippen molar-refractivity contribution in [1.29, 1.82) is 0 Å². The topological polar surface area (TPSA) is 70.7 Å². The highest BCUT2D eigenvalue weighted by molar-refractivity contribution is 5.95. The van der Waals surface area contributed by atoms with Gasteiger partial charge in [0.05, 0.1) is 18.2 Å². The Kier molecular flexibility index (Phi) is 6.50. The maximum atomic E-state index is 12.8. The summed E-state index contributed by atoms with van der Waals surface area (Å²) in [5.74, 6) is -0.375. The third kappa shape index (κ3) is 4.89. The molecule has 2 heterocycles. The minimum absolute atomic E-state index is 0.279. The summed E-state index contributed by atoms with van der Waals surface area (Å²) >= 11 is 0. The molecule has 2 aliphatic heterocycles. The van der Waals surface area contributed by atoms with Crippen LogP contribution in [0.3, 0.4) is 0 Å². The van der Waals surface area contributed by atoms with Gasteiger partial charge in [-0.1, -0.05) is 42.7 Å². The zero-order valence-corrected chi connectivity index (χ0v) is 16.2. The molecule has 6 nitrogen and oxygen atoms in total. The highest BCUT2D eigenvalue weighted by Crippen LogP contribution is 2.28. The Morgan fingerprint density at radius 3 is 2.44 bits per heavy atom. The lowest BCUT2D eigenvalue weighted by Crippen LogP contribution is -2.48. The van der Waals surface area contributed by atoms with Crippen LogP contribution in [0.2, 0.25) is 0 Å². The SMILES string of the molecule is CCOC(=O)C1=C(CN2CCCCCC2)NC(=O)NC1c1ccc(C)cc1. The Morgan fingerprint density at radius 2 is 1.81 bits per heavy atom. The van der Waals surface area contributed by atoms with E-state index in [0.29, 0.717) is 24.4 Å². The molecule has 6 heteroatoms. The molecule has 146 valence electrons. The van der Waals surface area contributed by atoms with E-state index >= 15 is 0 Å². The third-order valence-corrected chi connectivity index (χ3v) is 5.14. The maximum absolute atomic E-state index is 12.8. The Balaban J connectivity index is 1.96. The number of aryl methyl sites for hydroxylation is 1. The molecule has 1 saturated heterocycles. The summed E-state index contributed by atoms with van der Waals surface area (Å²) in [6.07, 6.45) is 4.77. The summed E-state index contributed by atoms with van der Waals surface area (Å²) < 4.78 is 5.33. The second kappa shape index (κ2) is 9.04. The first kappa shape index (κ1) is 19.4. The van der Waals surface area contributed by atoms with Crippen molar-refractivity contribution in [2.75, 3.05) is 26.2 Å². The number of urea groups is 1. The van der Waals surface area contributed by atoms with E-state index in [1.165, 1.54) is 12.8 Å². The standard InChI is InChI=1S/C21H29N3O3/c1-3-27-20(25)18-17(14-24-12-6-4-5-7-13-24)22-21(26)23-19(18)16-10-8-15(2)9-11-16/h8-11,19H,3-7,12-14H2,1-2H3,(H2,22,23,26). The highest BCUT2D eigenvalue weighted by Gasteiger charge is 2.34. The number of carbonyl (C=O) groups is 2. The lowest BCUT2D eigenvalue weighted by Gasteiger charge is -2.32. The van der Waals surface area contributed by atoms with E-state index < -0.39 is 6.04 Å². The predicted octanol–water partition coefficient (Wildman–Crippen LogP) is 3.04. The van der Waals surface area contributed by atoms with Crippen LogP contribution in [0.25, 0.3) is 0 Å². The minimum atomic E-state index is -0.500. The molecule has 27 heavy (non-hydrogen) atoms. The van der Waals surface area contributed by atoms with Crippen LogP contribution >= 0.6 is 0 Å². The van der Waals surface area contributed by atoms with Crippen molar-refractivity contribution in [2.45, 2.75) is 45.6 Å². The lowest BCUT2D eigenvalue weighted by atomic mass is 9.94. The van der Waals surface area contributed by atoms with Crippen LogP contribution in [0.4, 0.5) is 4.79 Å². The van der Waals surface area contributed by atoms with Gasteiger partial charge in [-0.2, -0.15) is 0 Å². The summed E-state index contributed by atoms with van der Waals surface area (Å²) in [4.78, 5) is 27.4. The number of hydrogen-bond donors (Lipinski definition) is 2.